The second-order valence-electron chi connectivity index (χ2n) is 10.7. The first-order valence-electron chi connectivity index (χ1n) is 13.3. The third-order valence-corrected chi connectivity index (χ3v) is 8.56. The summed E-state index contributed by atoms with van der Waals surface area (Å²) in [6, 6.07) is 12.3. The van der Waals surface area contributed by atoms with Gasteiger partial charge in [0, 0.05) is 17.6 Å². The second-order valence-corrected chi connectivity index (χ2v) is 10.7. The van der Waals surface area contributed by atoms with Crippen molar-refractivity contribution in [2.75, 3.05) is 33.9 Å². The van der Waals surface area contributed by atoms with E-state index in [1.54, 1.807) is 14.2 Å². The SMILES string of the molecule is COc1ccc(-c2nc3c(C)cc(C4CCN(C5CCNCC5)[C@@H](C5CC5)C4)cc3[nH]2)cc1OC. The number of H-pyrrole nitrogens is 1. The Bertz CT molecular complexity index is 1190. The highest BCUT2D eigenvalue weighted by molar-refractivity contribution is 5.83. The summed E-state index contributed by atoms with van der Waals surface area (Å²) < 4.78 is 10.9. The normalized spacial score (nSPS) is 24.1. The van der Waals surface area contributed by atoms with E-state index in [2.05, 4.69) is 34.3 Å². The van der Waals surface area contributed by atoms with Gasteiger partial charge in [0.15, 0.2) is 11.5 Å². The van der Waals surface area contributed by atoms with Gasteiger partial charge < -0.3 is 19.8 Å². The van der Waals surface area contributed by atoms with Crippen LogP contribution in [-0.4, -0.2) is 60.8 Å². The molecule has 0 bridgehead atoms. The molecule has 1 saturated carbocycles. The third kappa shape index (κ3) is 4.43. The monoisotopic (exact) mass is 474 g/mol. The molecule has 1 unspecified atom stereocenters. The minimum absolute atomic E-state index is 0.634. The zero-order valence-corrected chi connectivity index (χ0v) is 21.3. The highest BCUT2D eigenvalue weighted by Crippen LogP contribution is 2.45. The van der Waals surface area contributed by atoms with Crippen LogP contribution in [0.5, 0.6) is 11.5 Å². The number of aromatic amines is 1. The Hall–Kier alpha value is -2.57. The molecule has 1 aromatic heterocycles. The molecule has 6 nitrogen and oxygen atoms in total. The number of imidazole rings is 1. The van der Waals surface area contributed by atoms with E-state index in [0.717, 1.165) is 51.9 Å². The fourth-order valence-electron chi connectivity index (χ4n) is 6.53. The number of hydrogen-bond acceptors (Lipinski definition) is 5. The van der Waals surface area contributed by atoms with Crippen molar-refractivity contribution >= 4 is 11.0 Å². The maximum atomic E-state index is 5.51. The topological polar surface area (TPSA) is 62.4 Å². The van der Waals surface area contributed by atoms with Crippen molar-refractivity contribution in [2.45, 2.75) is 63.5 Å². The Labute approximate surface area is 208 Å². The number of aromatic nitrogens is 2. The van der Waals surface area contributed by atoms with E-state index in [0.29, 0.717) is 5.92 Å². The van der Waals surface area contributed by atoms with Crippen LogP contribution in [-0.2, 0) is 0 Å². The first-order chi connectivity index (χ1) is 17.1. The molecule has 3 heterocycles. The van der Waals surface area contributed by atoms with Gasteiger partial charge in [-0.2, -0.15) is 0 Å². The summed E-state index contributed by atoms with van der Waals surface area (Å²) in [6.45, 7) is 5.81. The molecule has 6 rings (SSSR count). The number of hydrogen-bond donors (Lipinski definition) is 2. The van der Waals surface area contributed by atoms with Gasteiger partial charge in [-0.25, -0.2) is 4.98 Å². The summed E-state index contributed by atoms with van der Waals surface area (Å²) >= 11 is 0. The van der Waals surface area contributed by atoms with Crippen molar-refractivity contribution in [3.63, 3.8) is 0 Å². The lowest BCUT2D eigenvalue weighted by molar-refractivity contribution is 0.0557. The van der Waals surface area contributed by atoms with Crippen molar-refractivity contribution in [3.8, 4) is 22.9 Å². The number of aryl methyl sites for hydroxylation is 1. The first kappa shape index (κ1) is 22.9. The molecule has 3 fully saturated rings. The van der Waals surface area contributed by atoms with Gasteiger partial charge in [-0.1, -0.05) is 6.07 Å². The maximum Gasteiger partial charge on any atom is 0.161 e. The largest absolute Gasteiger partial charge is 0.493 e. The molecule has 2 aromatic carbocycles. The molecule has 1 aliphatic carbocycles. The standard InChI is InChI=1S/C29H38N4O2/c1-18-14-22(20-10-13-33(23-8-11-30-12-9-23)25(16-20)19-4-5-19)15-24-28(18)32-29(31-24)21-6-7-26(34-2)27(17-21)35-3/h6-7,14-15,17,19-20,23,25,30H,4-5,8-13,16H2,1-3H3,(H,31,32)/t20?,25-/m1/s1. The van der Waals surface area contributed by atoms with Gasteiger partial charge in [0.25, 0.3) is 0 Å². The van der Waals surface area contributed by atoms with Gasteiger partial charge in [-0.3, -0.25) is 4.90 Å². The van der Waals surface area contributed by atoms with Crippen LogP contribution in [0.1, 0.15) is 55.6 Å². The van der Waals surface area contributed by atoms with E-state index in [-0.39, 0.29) is 0 Å². The van der Waals surface area contributed by atoms with E-state index < -0.39 is 0 Å². The van der Waals surface area contributed by atoms with Crippen LogP contribution in [0.25, 0.3) is 22.4 Å². The van der Waals surface area contributed by atoms with Gasteiger partial charge in [0.2, 0.25) is 0 Å². The van der Waals surface area contributed by atoms with Crippen LogP contribution >= 0.6 is 0 Å². The van der Waals surface area contributed by atoms with Gasteiger partial charge in [-0.05, 0) is 112 Å². The van der Waals surface area contributed by atoms with Crippen molar-refractivity contribution in [1.29, 1.82) is 0 Å². The zero-order chi connectivity index (χ0) is 23.9. The van der Waals surface area contributed by atoms with Gasteiger partial charge in [0.1, 0.15) is 5.82 Å². The van der Waals surface area contributed by atoms with Crippen LogP contribution in [0, 0.1) is 12.8 Å². The van der Waals surface area contributed by atoms with Crippen LogP contribution < -0.4 is 14.8 Å². The first-order valence-corrected chi connectivity index (χ1v) is 13.3. The molecule has 0 spiro atoms. The lowest BCUT2D eigenvalue weighted by atomic mass is 9.81. The van der Waals surface area contributed by atoms with Crippen molar-refractivity contribution in [1.82, 2.24) is 20.2 Å². The molecule has 2 saturated heterocycles. The number of nitrogens with one attached hydrogen (secondary N) is 2. The number of rotatable bonds is 6. The van der Waals surface area contributed by atoms with Crippen molar-refractivity contribution in [3.05, 3.63) is 41.5 Å². The minimum Gasteiger partial charge on any atom is -0.493 e. The predicted octanol–water partition coefficient (Wildman–Crippen LogP) is 5.27. The molecule has 186 valence electrons. The smallest absolute Gasteiger partial charge is 0.161 e. The maximum absolute atomic E-state index is 5.51. The number of piperidine rings is 2. The van der Waals surface area contributed by atoms with Gasteiger partial charge >= 0.3 is 0 Å². The molecule has 0 amide bonds. The second kappa shape index (κ2) is 9.47. The van der Waals surface area contributed by atoms with Crippen molar-refractivity contribution < 1.29 is 9.47 Å². The molecule has 2 N–H and O–H groups in total. The zero-order valence-electron chi connectivity index (χ0n) is 21.3. The number of ether oxygens (including phenoxy) is 2. The number of fused-ring (bicyclic) bond motifs is 1. The van der Waals surface area contributed by atoms with E-state index >= 15 is 0 Å². The lowest BCUT2D eigenvalue weighted by Crippen LogP contribution is -2.52. The van der Waals surface area contributed by atoms with Gasteiger partial charge in [-0.15, -0.1) is 0 Å². The number of benzene rings is 2. The molecular formula is C29H38N4O2. The minimum atomic E-state index is 0.634. The summed E-state index contributed by atoms with van der Waals surface area (Å²) in [6.07, 6.45) is 8.03. The van der Waals surface area contributed by atoms with Crippen molar-refractivity contribution in [2.24, 2.45) is 5.92 Å². The Morgan fingerprint density at radius 3 is 2.49 bits per heavy atom. The summed E-state index contributed by atoms with van der Waals surface area (Å²) in [4.78, 5) is 11.5. The van der Waals surface area contributed by atoms with Gasteiger partial charge in [0.05, 0.1) is 25.3 Å². The Kier molecular flexibility index (Phi) is 6.19. The molecule has 6 heteroatoms. The molecule has 2 aliphatic heterocycles. The fraction of sp³-hybridized carbons (Fsp3) is 0.552. The van der Waals surface area contributed by atoms with Crippen LogP contribution in [0.3, 0.4) is 0 Å². The summed E-state index contributed by atoms with van der Waals surface area (Å²) in [5, 5.41) is 3.55. The highest BCUT2D eigenvalue weighted by atomic mass is 16.5. The average molecular weight is 475 g/mol. The lowest BCUT2D eigenvalue weighted by Gasteiger charge is -2.46. The average Bonchev–Trinajstić information content (AvgIpc) is 3.66. The van der Waals surface area contributed by atoms with E-state index in [1.165, 1.54) is 69.3 Å². The molecule has 0 radical (unpaired) electrons. The van der Waals surface area contributed by atoms with E-state index in [1.807, 2.05) is 18.2 Å². The Morgan fingerprint density at radius 1 is 0.943 bits per heavy atom. The molecular weight excluding hydrogens is 436 g/mol. The number of methoxy groups -OCH3 is 2. The van der Waals surface area contributed by atoms with Crippen LogP contribution in [0.4, 0.5) is 0 Å². The molecule has 35 heavy (non-hydrogen) atoms. The van der Waals surface area contributed by atoms with Crippen LogP contribution in [0.15, 0.2) is 30.3 Å². The summed E-state index contributed by atoms with van der Waals surface area (Å²) in [5.41, 5.74) is 5.93. The van der Waals surface area contributed by atoms with E-state index in [9.17, 15) is 0 Å². The summed E-state index contributed by atoms with van der Waals surface area (Å²) in [7, 11) is 3.33. The number of likely N-dealkylation sites (tertiary alicyclic amines) is 1. The number of nitrogens with zero attached hydrogens (tertiary/aromatic N) is 2. The molecule has 3 aromatic rings. The fourth-order valence-corrected chi connectivity index (χ4v) is 6.53. The third-order valence-electron chi connectivity index (χ3n) is 8.56. The molecule has 3 aliphatic rings. The van der Waals surface area contributed by atoms with E-state index in [4.69, 9.17) is 14.5 Å². The summed E-state index contributed by atoms with van der Waals surface area (Å²) in [5.74, 6) is 3.87. The molecule has 2 atom stereocenters. The van der Waals surface area contributed by atoms with Crippen LogP contribution in [0.2, 0.25) is 0 Å². The Balaban J connectivity index is 1.27. The predicted molar refractivity (Wildman–Crippen MR) is 140 cm³/mol. The Morgan fingerprint density at radius 2 is 1.74 bits per heavy atom. The highest BCUT2D eigenvalue weighted by Gasteiger charge is 2.42. The quantitative estimate of drug-likeness (QED) is 0.510.